The van der Waals surface area contributed by atoms with E-state index in [-0.39, 0.29) is 12.1 Å². The monoisotopic (exact) mass is 396 g/mol. The van der Waals surface area contributed by atoms with Crippen LogP contribution in [0.1, 0.15) is 37.6 Å². The van der Waals surface area contributed by atoms with Crippen molar-refractivity contribution in [2.45, 2.75) is 32.9 Å². The van der Waals surface area contributed by atoms with Crippen LogP contribution in [0, 0.1) is 5.92 Å². The maximum atomic E-state index is 12.6. The highest BCUT2D eigenvalue weighted by atomic mass is 16.5. The minimum Gasteiger partial charge on any atom is -0.497 e. The molecule has 1 amide bonds. The van der Waals surface area contributed by atoms with Crippen molar-refractivity contribution in [1.29, 1.82) is 0 Å². The minimum atomic E-state index is -0.0366. The zero-order valence-electron chi connectivity index (χ0n) is 17.9. The summed E-state index contributed by atoms with van der Waals surface area (Å²) >= 11 is 0. The summed E-state index contributed by atoms with van der Waals surface area (Å²) in [7, 11) is 3.67. The average Bonchev–Trinajstić information content (AvgIpc) is 3.00. The predicted molar refractivity (Wildman–Crippen MR) is 115 cm³/mol. The van der Waals surface area contributed by atoms with Crippen molar-refractivity contribution in [3.05, 3.63) is 59.7 Å². The molecule has 1 saturated heterocycles. The van der Waals surface area contributed by atoms with Gasteiger partial charge < -0.3 is 14.4 Å². The summed E-state index contributed by atoms with van der Waals surface area (Å²) in [5.74, 6) is 2.53. The number of benzene rings is 2. The minimum absolute atomic E-state index is 0.0366. The Morgan fingerprint density at radius 2 is 1.69 bits per heavy atom. The van der Waals surface area contributed by atoms with Crippen LogP contribution in [0.5, 0.6) is 11.5 Å². The van der Waals surface area contributed by atoms with E-state index in [0.717, 1.165) is 36.5 Å². The van der Waals surface area contributed by atoms with Crippen molar-refractivity contribution in [2.24, 2.45) is 5.92 Å². The number of hydrogen-bond acceptors (Lipinski definition) is 4. The Morgan fingerprint density at radius 3 is 2.31 bits per heavy atom. The Bertz CT molecular complexity index is 787. The van der Waals surface area contributed by atoms with Crippen LogP contribution in [0.4, 0.5) is 0 Å². The molecular formula is C24H32N2O3. The Kier molecular flexibility index (Phi) is 7.15. The molecule has 0 aliphatic carbocycles. The van der Waals surface area contributed by atoms with E-state index in [1.54, 1.807) is 7.11 Å². The van der Waals surface area contributed by atoms with Crippen LogP contribution < -0.4 is 9.47 Å². The number of likely N-dealkylation sites (N-methyl/N-ethyl adjacent to an activating group) is 1. The molecule has 0 saturated carbocycles. The zero-order chi connectivity index (χ0) is 20.8. The van der Waals surface area contributed by atoms with E-state index < -0.39 is 0 Å². The first-order chi connectivity index (χ1) is 14.0. The number of amides is 1. The van der Waals surface area contributed by atoms with Gasteiger partial charge in [-0.1, -0.05) is 38.1 Å². The molecule has 1 unspecified atom stereocenters. The number of rotatable bonds is 9. The second kappa shape index (κ2) is 9.79. The van der Waals surface area contributed by atoms with Crippen molar-refractivity contribution >= 4 is 5.91 Å². The van der Waals surface area contributed by atoms with Crippen molar-refractivity contribution in [3.8, 4) is 11.5 Å². The topological polar surface area (TPSA) is 42.0 Å². The van der Waals surface area contributed by atoms with Gasteiger partial charge in [0.1, 0.15) is 17.7 Å². The molecule has 2 aromatic carbocycles. The molecule has 5 nitrogen and oxygen atoms in total. The molecule has 5 heteroatoms. The lowest BCUT2D eigenvalue weighted by molar-refractivity contribution is -0.128. The van der Waals surface area contributed by atoms with Crippen LogP contribution in [0.2, 0.25) is 0 Å². The van der Waals surface area contributed by atoms with E-state index in [2.05, 4.69) is 43.0 Å². The molecule has 1 heterocycles. The van der Waals surface area contributed by atoms with Gasteiger partial charge in [0, 0.05) is 6.54 Å². The third kappa shape index (κ3) is 5.51. The number of nitrogens with zero attached hydrogens (tertiary/aromatic N) is 2. The van der Waals surface area contributed by atoms with Crippen LogP contribution in [0.15, 0.2) is 48.5 Å². The number of carbonyl (C=O) groups excluding carboxylic acids is 1. The molecule has 0 bridgehead atoms. The van der Waals surface area contributed by atoms with Crippen molar-refractivity contribution in [3.63, 3.8) is 0 Å². The lowest BCUT2D eigenvalue weighted by Crippen LogP contribution is -2.32. The first-order valence-corrected chi connectivity index (χ1v) is 10.3. The maximum absolute atomic E-state index is 12.6. The van der Waals surface area contributed by atoms with E-state index in [1.807, 2.05) is 36.2 Å². The molecule has 156 valence electrons. The quantitative estimate of drug-likeness (QED) is 0.639. The number of hydrogen-bond donors (Lipinski definition) is 0. The van der Waals surface area contributed by atoms with Gasteiger partial charge in [-0.3, -0.25) is 9.69 Å². The second-order valence-corrected chi connectivity index (χ2v) is 8.07. The first-order valence-electron chi connectivity index (χ1n) is 10.3. The lowest BCUT2D eigenvalue weighted by atomic mass is 10.1. The van der Waals surface area contributed by atoms with Crippen LogP contribution in [-0.4, -0.2) is 49.6 Å². The summed E-state index contributed by atoms with van der Waals surface area (Å²) in [6, 6.07) is 16.2. The maximum Gasteiger partial charge on any atom is 0.238 e. The fraction of sp³-hybridized carbons (Fsp3) is 0.458. The molecule has 29 heavy (non-hydrogen) atoms. The van der Waals surface area contributed by atoms with E-state index in [1.165, 1.54) is 5.56 Å². The van der Waals surface area contributed by atoms with E-state index in [9.17, 15) is 4.79 Å². The molecular weight excluding hydrogens is 364 g/mol. The van der Waals surface area contributed by atoms with E-state index >= 15 is 0 Å². The summed E-state index contributed by atoms with van der Waals surface area (Å²) < 4.78 is 11.0. The van der Waals surface area contributed by atoms with Gasteiger partial charge in [-0.05, 0) is 61.2 Å². The molecule has 1 aliphatic rings. The second-order valence-electron chi connectivity index (χ2n) is 8.07. The zero-order valence-corrected chi connectivity index (χ0v) is 17.9. The van der Waals surface area contributed by atoms with Crippen LogP contribution in [-0.2, 0) is 11.2 Å². The lowest BCUT2D eigenvalue weighted by Gasteiger charge is -2.28. The fourth-order valence-electron chi connectivity index (χ4n) is 3.64. The standard InChI is InChI=1S/C24H32N2O3/c1-18(2)14-16-29-22-11-7-20(8-12-22)24-25(3)17-23(27)26(24)15-13-19-5-9-21(28-4)10-6-19/h5-12,18,24H,13-17H2,1-4H3. The highest BCUT2D eigenvalue weighted by Gasteiger charge is 2.36. The van der Waals surface area contributed by atoms with Crippen molar-refractivity contribution in [1.82, 2.24) is 9.80 Å². The molecule has 0 aromatic heterocycles. The van der Waals surface area contributed by atoms with Crippen LogP contribution in [0.25, 0.3) is 0 Å². The van der Waals surface area contributed by atoms with Gasteiger partial charge in [0.2, 0.25) is 5.91 Å². The van der Waals surface area contributed by atoms with Gasteiger partial charge >= 0.3 is 0 Å². The predicted octanol–water partition coefficient (Wildman–Crippen LogP) is 4.14. The molecule has 0 N–H and O–H groups in total. The third-order valence-electron chi connectivity index (χ3n) is 5.36. The Balaban J connectivity index is 1.65. The first kappa shape index (κ1) is 21.2. The van der Waals surface area contributed by atoms with Crippen molar-refractivity contribution < 1.29 is 14.3 Å². The molecule has 1 atom stereocenters. The van der Waals surface area contributed by atoms with Gasteiger partial charge in [0.05, 0.1) is 20.3 Å². The van der Waals surface area contributed by atoms with Gasteiger partial charge in [0.15, 0.2) is 0 Å². The molecule has 3 rings (SSSR count). The van der Waals surface area contributed by atoms with Gasteiger partial charge in [0.25, 0.3) is 0 Å². The SMILES string of the molecule is COc1ccc(CCN2C(=O)CN(C)C2c2ccc(OCCC(C)C)cc2)cc1. The Morgan fingerprint density at radius 1 is 1.03 bits per heavy atom. The summed E-state index contributed by atoms with van der Waals surface area (Å²) in [6.07, 6.45) is 1.82. The fourth-order valence-corrected chi connectivity index (χ4v) is 3.64. The summed E-state index contributed by atoms with van der Waals surface area (Å²) in [4.78, 5) is 16.7. The number of methoxy groups -OCH3 is 1. The van der Waals surface area contributed by atoms with E-state index in [0.29, 0.717) is 19.0 Å². The van der Waals surface area contributed by atoms with Gasteiger partial charge in [-0.25, -0.2) is 0 Å². The molecule has 1 fully saturated rings. The van der Waals surface area contributed by atoms with Gasteiger partial charge in [-0.15, -0.1) is 0 Å². The molecule has 1 aliphatic heterocycles. The molecule has 0 radical (unpaired) electrons. The highest BCUT2D eigenvalue weighted by Crippen LogP contribution is 2.30. The largest absolute Gasteiger partial charge is 0.497 e. The number of ether oxygens (including phenoxy) is 2. The van der Waals surface area contributed by atoms with Crippen LogP contribution in [0.3, 0.4) is 0 Å². The van der Waals surface area contributed by atoms with Gasteiger partial charge in [-0.2, -0.15) is 0 Å². The Hall–Kier alpha value is -2.53. The van der Waals surface area contributed by atoms with E-state index in [4.69, 9.17) is 9.47 Å². The van der Waals surface area contributed by atoms with Crippen molar-refractivity contribution in [2.75, 3.05) is 33.9 Å². The molecule has 0 spiro atoms. The normalized spacial score (nSPS) is 17.2. The average molecular weight is 397 g/mol. The third-order valence-corrected chi connectivity index (χ3v) is 5.36. The smallest absolute Gasteiger partial charge is 0.238 e. The summed E-state index contributed by atoms with van der Waals surface area (Å²) in [5, 5.41) is 0. The summed E-state index contributed by atoms with van der Waals surface area (Å²) in [5.41, 5.74) is 2.31. The highest BCUT2D eigenvalue weighted by molar-refractivity contribution is 5.81. The summed E-state index contributed by atoms with van der Waals surface area (Å²) in [6.45, 7) is 6.25. The molecule has 2 aromatic rings. The number of carbonyl (C=O) groups is 1. The van der Waals surface area contributed by atoms with Crippen LogP contribution >= 0.6 is 0 Å². The Labute approximate surface area is 174 Å².